The quantitative estimate of drug-likeness (QED) is 0.0253. The van der Waals surface area contributed by atoms with Gasteiger partial charge in [-0.25, -0.2) is 0 Å². The third-order valence-corrected chi connectivity index (χ3v) is 42.2. The largest absolute Gasteiger partial charge is 0.512 e. The van der Waals surface area contributed by atoms with Crippen molar-refractivity contribution in [1.29, 1.82) is 0 Å². The molecule has 0 amide bonds. The monoisotopic (exact) mass is 1070 g/mol. The maximum Gasteiger partial charge on any atom is 0.512 e. The van der Waals surface area contributed by atoms with E-state index in [2.05, 4.69) is 31.6 Å². The number of hydrogen-bond donors (Lipinski definition) is 0. The molecule has 1 rings (SSSR count). The first kappa shape index (κ1) is 58.5. The van der Waals surface area contributed by atoms with Gasteiger partial charge in [0, 0.05) is 71.3 Å². The zero-order valence-corrected chi connectivity index (χ0v) is 48.2. The van der Waals surface area contributed by atoms with Gasteiger partial charge in [-0.3, -0.25) is 0 Å². The second-order valence-electron chi connectivity index (χ2n) is 12.3. The molecule has 0 heterocycles. The fourth-order valence-corrected chi connectivity index (χ4v) is 42.0. The lowest BCUT2D eigenvalue weighted by molar-refractivity contribution is 0.0731. The Kier molecular flexibility index (Phi) is 36.3. The maximum atomic E-state index is 6.29. The molecule has 0 aliphatic heterocycles. The molecule has 0 saturated heterocycles. The van der Waals surface area contributed by atoms with Gasteiger partial charge in [0.05, 0.1) is 20.1 Å². The van der Waals surface area contributed by atoms with Crippen molar-refractivity contribution < 1.29 is 39.8 Å². The van der Waals surface area contributed by atoms with Crippen LogP contribution in [0.25, 0.3) is 0 Å². The molecule has 1 saturated carbocycles. The van der Waals surface area contributed by atoms with Gasteiger partial charge in [-0.2, -0.15) is 0 Å². The lowest BCUT2D eigenvalue weighted by Gasteiger charge is -2.51. The van der Waals surface area contributed by atoms with Crippen molar-refractivity contribution in [2.24, 2.45) is 5.41 Å². The molecule has 0 aromatic carbocycles. The average molecular weight is 1070 g/mol. The van der Waals surface area contributed by atoms with Crippen molar-refractivity contribution in [1.82, 2.24) is 0 Å². The minimum atomic E-state index is -2.72. The van der Waals surface area contributed by atoms with Crippen molar-refractivity contribution in [3.63, 3.8) is 0 Å². The first-order chi connectivity index (χ1) is 27.0. The molecular weight excluding hydrogens is 997 g/mol. The van der Waals surface area contributed by atoms with Crippen molar-refractivity contribution in [3.05, 3.63) is 0 Å². The molecule has 9 nitrogen and oxygen atoms in total. The summed E-state index contributed by atoms with van der Waals surface area (Å²) in [7, 11) is 14.6. The van der Waals surface area contributed by atoms with Crippen LogP contribution >= 0.6 is 124 Å². The average Bonchev–Trinajstić information content (AvgIpc) is 3.17. The van der Waals surface area contributed by atoms with E-state index in [0.717, 1.165) is 22.5 Å². The standard InChI is InChI=1S/C32H70O9S12Si3/c1-12-33-54(20-9,34-13-2)41-26-27-42-48-53-47-32(11,31(10)24-22-21-23-25-31)30(45-51-49-43-28-55(35-14-3,36-15-4)37-16-5)46-52-50-44-29-56(38-17-6,39-18-7)40-19-8/h30H,12-29H2,1-11H3. The first-order valence-electron chi connectivity index (χ1n) is 19.6. The van der Waals surface area contributed by atoms with Crippen molar-refractivity contribution in [3.8, 4) is 0 Å². The van der Waals surface area contributed by atoms with Crippen LogP contribution in [0.3, 0.4) is 0 Å². The van der Waals surface area contributed by atoms with Gasteiger partial charge in [0.15, 0.2) is 0 Å². The Morgan fingerprint density at radius 1 is 0.500 bits per heavy atom. The molecule has 1 unspecified atom stereocenters. The van der Waals surface area contributed by atoms with Crippen molar-refractivity contribution in [2.45, 2.75) is 124 Å². The van der Waals surface area contributed by atoms with Gasteiger partial charge in [0.1, 0.15) is 0 Å². The van der Waals surface area contributed by atoms with Crippen LogP contribution in [0.4, 0.5) is 0 Å². The van der Waals surface area contributed by atoms with Gasteiger partial charge in [-0.1, -0.05) is 97.9 Å². The van der Waals surface area contributed by atoms with Crippen LogP contribution in [0.1, 0.15) is 108 Å². The van der Waals surface area contributed by atoms with Crippen LogP contribution < -0.4 is 0 Å². The first-order valence-corrected chi connectivity index (χ1v) is 40.5. The zero-order valence-electron chi connectivity index (χ0n) is 35.4. The van der Waals surface area contributed by atoms with Crippen molar-refractivity contribution >= 4 is 150 Å². The minimum absolute atomic E-state index is 0.0108. The van der Waals surface area contributed by atoms with E-state index in [1.54, 1.807) is 21.6 Å². The third-order valence-electron chi connectivity index (χ3n) is 8.60. The highest BCUT2D eigenvalue weighted by atomic mass is 33.7. The molecule has 336 valence electrons. The molecule has 1 atom stereocenters. The Balaban J connectivity index is 3.12. The van der Waals surface area contributed by atoms with Crippen LogP contribution in [0.2, 0.25) is 6.04 Å². The van der Waals surface area contributed by atoms with E-state index in [1.807, 2.05) is 147 Å². The molecule has 0 bridgehead atoms. The van der Waals surface area contributed by atoms with E-state index in [0.29, 0.717) is 64.0 Å². The Morgan fingerprint density at radius 2 is 0.893 bits per heavy atom. The summed E-state index contributed by atoms with van der Waals surface area (Å²) in [5, 5.41) is 1.44. The normalized spacial score (nSPS) is 16.5. The Bertz CT molecular complexity index is 887. The van der Waals surface area contributed by atoms with Crippen LogP contribution in [0, 0.1) is 5.41 Å². The molecule has 0 N–H and O–H groups in total. The fraction of sp³-hybridized carbons (Fsp3) is 1.00. The Hall–Kier alpha value is 4.49. The predicted octanol–water partition coefficient (Wildman–Crippen LogP) is 14.3. The lowest BCUT2D eigenvalue weighted by Crippen LogP contribution is -2.49. The summed E-state index contributed by atoms with van der Waals surface area (Å²) in [6.07, 6.45) is 6.39. The van der Waals surface area contributed by atoms with Crippen LogP contribution in [-0.2, 0) is 39.8 Å². The van der Waals surface area contributed by atoms with Gasteiger partial charge >= 0.3 is 26.4 Å². The smallest absolute Gasteiger partial charge is 0.374 e. The van der Waals surface area contributed by atoms with Gasteiger partial charge in [-0.15, -0.1) is 0 Å². The van der Waals surface area contributed by atoms with Gasteiger partial charge in [-0.05, 0) is 140 Å². The van der Waals surface area contributed by atoms with E-state index in [9.17, 15) is 0 Å². The molecule has 56 heavy (non-hydrogen) atoms. The Morgan fingerprint density at radius 3 is 1.29 bits per heavy atom. The summed E-state index contributed by atoms with van der Waals surface area (Å²) in [6, 6.07) is 0.789. The second-order valence-corrected chi connectivity index (χ2v) is 40.2. The molecule has 0 aromatic rings. The van der Waals surface area contributed by atoms with Crippen LogP contribution in [0.15, 0.2) is 0 Å². The van der Waals surface area contributed by atoms with Gasteiger partial charge in [0.25, 0.3) is 0 Å². The van der Waals surface area contributed by atoms with E-state index >= 15 is 0 Å². The summed E-state index contributed by atoms with van der Waals surface area (Å²) in [5.74, 6) is 0.882. The molecule has 0 spiro atoms. The van der Waals surface area contributed by atoms with E-state index in [-0.39, 0.29) is 10.2 Å². The molecular formula is C32H70O9S12Si3. The molecule has 1 fully saturated rings. The summed E-state index contributed by atoms with van der Waals surface area (Å²) in [4.78, 5) is 0. The molecule has 1 aliphatic rings. The topological polar surface area (TPSA) is 83.1 Å². The molecule has 1 aliphatic carbocycles. The SMILES string of the molecule is CCO[Si](CC)(OCC)OCCSSSSC(C)(C(SSSSC[Si](OCC)(OCC)OCC)SSSSC[Si](OCC)(OCC)OCC)C1(C)CCCCC1. The zero-order chi connectivity index (χ0) is 41.7. The summed E-state index contributed by atoms with van der Waals surface area (Å²) in [5.41, 5.74) is 0.196. The van der Waals surface area contributed by atoms with E-state index in [4.69, 9.17) is 39.8 Å². The lowest BCUT2D eigenvalue weighted by atomic mass is 9.68. The van der Waals surface area contributed by atoms with Gasteiger partial charge in [0.2, 0.25) is 0 Å². The van der Waals surface area contributed by atoms with Crippen molar-refractivity contribution in [2.75, 3.05) is 76.0 Å². The third kappa shape index (κ3) is 21.7. The van der Waals surface area contributed by atoms with Crippen LogP contribution in [0.5, 0.6) is 0 Å². The second kappa shape index (κ2) is 34.8. The highest BCUT2D eigenvalue weighted by molar-refractivity contribution is 9.29. The summed E-state index contributed by atoms with van der Waals surface area (Å²) in [6.45, 7) is 28.7. The van der Waals surface area contributed by atoms with Gasteiger partial charge < -0.3 is 39.8 Å². The summed E-state index contributed by atoms with van der Waals surface area (Å²) < 4.78 is 55.4. The summed E-state index contributed by atoms with van der Waals surface area (Å²) >= 11 is 0. The van der Waals surface area contributed by atoms with E-state index < -0.39 is 26.4 Å². The molecule has 24 heteroatoms. The van der Waals surface area contributed by atoms with Crippen LogP contribution in [-0.4, -0.2) is 112 Å². The highest BCUT2D eigenvalue weighted by Gasteiger charge is 2.52. The van der Waals surface area contributed by atoms with E-state index in [1.165, 1.54) is 32.1 Å². The fourth-order valence-electron chi connectivity index (χ4n) is 5.85. The maximum absolute atomic E-state index is 6.29. The minimum Gasteiger partial charge on any atom is -0.374 e. The highest BCUT2D eigenvalue weighted by Crippen LogP contribution is 2.67. The number of rotatable bonds is 39. The molecule has 0 radical (unpaired) electrons. The Labute approximate surface area is 390 Å². The molecule has 0 aromatic heterocycles. The number of hydrogen-bond acceptors (Lipinski definition) is 21. The predicted molar refractivity (Wildman–Crippen MR) is 276 cm³/mol.